The Balaban J connectivity index is 1.23. The summed E-state index contributed by atoms with van der Waals surface area (Å²) in [4.78, 5) is 13.7. The predicted octanol–water partition coefficient (Wildman–Crippen LogP) is 9.60. The Morgan fingerprint density at radius 3 is 1.45 bits per heavy atom. The number of carbonyl (C=O) groups is 1. The van der Waals surface area contributed by atoms with E-state index < -0.39 is 5.78 Å². The zero-order chi connectivity index (χ0) is 33.7. The summed E-state index contributed by atoms with van der Waals surface area (Å²) in [6.07, 6.45) is 3.09. The van der Waals surface area contributed by atoms with E-state index in [1.165, 1.54) is 12.1 Å². The highest BCUT2D eigenvalue weighted by Gasteiger charge is 2.19. The van der Waals surface area contributed by atoms with Gasteiger partial charge >= 0.3 is 0 Å². The van der Waals surface area contributed by atoms with Crippen molar-refractivity contribution in [3.8, 4) is 28.7 Å². The summed E-state index contributed by atoms with van der Waals surface area (Å²) in [5.74, 6) is 1.08. The molecule has 6 heteroatoms. The van der Waals surface area contributed by atoms with Gasteiger partial charge in [-0.25, -0.2) is 0 Å². The number of rotatable bonds is 15. The molecule has 1 N–H and O–H groups in total. The molecule has 6 nitrogen and oxygen atoms in total. The molecule has 6 aromatic rings. The number of allylic oxidation sites excluding steroid dienone is 1. The first-order valence-electron chi connectivity index (χ1n) is 16.0. The van der Waals surface area contributed by atoms with Crippen LogP contribution in [0.25, 0.3) is 6.08 Å². The van der Waals surface area contributed by atoms with Crippen LogP contribution in [0.5, 0.6) is 28.7 Å². The largest absolute Gasteiger partial charge is 0.507 e. The van der Waals surface area contributed by atoms with E-state index in [1.54, 1.807) is 12.1 Å². The maximum absolute atomic E-state index is 13.7. The molecular formula is C43H36O6. The van der Waals surface area contributed by atoms with Gasteiger partial charge < -0.3 is 24.1 Å². The van der Waals surface area contributed by atoms with Crippen molar-refractivity contribution in [2.24, 2.45) is 0 Å². The molecule has 0 heterocycles. The van der Waals surface area contributed by atoms with Crippen LogP contribution in [0.4, 0.5) is 0 Å². The second-order valence-corrected chi connectivity index (χ2v) is 11.3. The number of ether oxygens (including phenoxy) is 4. The van der Waals surface area contributed by atoms with Crippen molar-refractivity contribution in [2.45, 2.75) is 26.4 Å². The van der Waals surface area contributed by atoms with Gasteiger partial charge in [-0.05, 0) is 46.0 Å². The van der Waals surface area contributed by atoms with Crippen LogP contribution in [0.15, 0.2) is 158 Å². The van der Waals surface area contributed by atoms with E-state index in [-0.39, 0.29) is 23.7 Å². The van der Waals surface area contributed by atoms with Crippen LogP contribution in [-0.2, 0) is 26.4 Å². The van der Waals surface area contributed by atoms with Gasteiger partial charge in [0.2, 0.25) is 0 Å². The second kappa shape index (κ2) is 16.5. The van der Waals surface area contributed by atoms with Crippen LogP contribution in [0.1, 0.15) is 38.2 Å². The average molecular weight is 649 g/mol. The molecule has 0 aliphatic rings. The van der Waals surface area contributed by atoms with E-state index in [0.717, 1.165) is 27.8 Å². The van der Waals surface area contributed by atoms with E-state index in [1.807, 2.05) is 140 Å². The highest BCUT2D eigenvalue weighted by Crippen LogP contribution is 2.36. The number of phenolic OH excluding ortho intramolecular Hbond substituents is 1. The Hall–Kier alpha value is -6.27. The van der Waals surface area contributed by atoms with Crippen LogP contribution in [-0.4, -0.2) is 10.9 Å². The molecule has 0 spiro atoms. The lowest BCUT2D eigenvalue weighted by Crippen LogP contribution is -2.04. The summed E-state index contributed by atoms with van der Waals surface area (Å²) in [6, 6.07) is 47.7. The first kappa shape index (κ1) is 32.7. The summed E-state index contributed by atoms with van der Waals surface area (Å²) < 4.78 is 24.4. The van der Waals surface area contributed by atoms with Crippen LogP contribution in [0, 0.1) is 0 Å². The molecule has 6 aromatic carbocycles. The number of aromatic hydroxyl groups is 1. The molecule has 0 atom stereocenters. The predicted molar refractivity (Wildman–Crippen MR) is 191 cm³/mol. The van der Waals surface area contributed by atoms with Crippen LogP contribution >= 0.6 is 0 Å². The number of hydrogen-bond acceptors (Lipinski definition) is 6. The van der Waals surface area contributed by atoms with Crippen LogP contribution in [0.3, 0.4) is 0 Å². The molecule has 0 bridgehead atoms. The Morgan fingerprint density at radius 1 is 0.490 bits per heavy atom. The third-order valence-corrected chi connectivity index (χ3v) is 7.66. The van der Waals surface area contributed by atoms with Crippen molar-refractivity contribution in [2.75, 3.05) is 0 Å². The third-order valence-electron chi connectivity index (χ3n) is 7.66. The topological polar surface area (TPSA) is 74.2 Å². The van der Waals surface area contributed by atoms with Crippen molar-refractivity contribution < 1.29 is 28.8 Å². The van der Waals surface area contributed by atoms with Crippen molar-refractivity contribution >= 4 is 11.9 Å². The number of carbonyl (C=O) groups excluding carboxylic acids is 1. The van der Waals surface area contributed by atoms with Crippen LogP contribution < -0.4 is 18.9 Å². The first-order chi connectivity index (χ1) is 24.1. The molecule has 244 valence electrons. The monoisotopic (exact) mass is 648 g/mol. The summed E-state index contributed by atoms with van der Waals surface area (Å²) in [5, 5.41) is 11.1. The van der Waals surface area contributed by atoms with Crippen molar-refractivity contribution in [1.29, 1.82) is 0 Å². The normalized spacial score (nSPS) is 10.9. The molecular weight excluding hydrogens is 612 g/mol. The second-order valence-electron chi connectivity index (χ2n) is 11.3. The zero-order valence-corrected chi connectivity index (χ0v) is 26.9. The molecule has 0 radical (unpaired) electrons. The van der Waals surface area contributed by atoms with Gasteiger partial charge in [0, 0.05) is 12.1 Å². The van der Waals surface area contributed by atoms with Gasteiger partial charge in [0.1, 0.15) is 49.2 Å². The molecule has 0 aromatic heterocycles. The van der Waals surface area contributed by atoms with Gasteiger partial charge in [0.25, 0.3) is 0 Å². The molecule has 6 rings (SSSR count). The molecule has 0 unspecified atom stereocenters. The third kappa shape index (κ3) is 9.40. The number of ketones is 1. The fourth-order valence-corrected chi connectivity index (χ4v) is 5.08. The molecule has 0 aliphatic carbocycles. The lowest BCUT2D eigenvalue weighted by molar-refractivity contribution is 0.104. The molecule has 0 aliphatic heterocycles. The minimum Gasteiger partial charge on any atom is -0.507 e. The molecule has 0 saturated heterocycles. The molecule has 0 saturated carbocycles. The average Bonchev–Trinajstić information content (AvgIpc) is 3.15. The van der Waals surface area contributed by atoms with E-state index in [0.29, 0.717) is 37.1 Å². The highest BCUT2D eigenvalue weighted by molar-refractivity contribution is 6.10. The minimum absolute atomic E-state index is 0.0441. The molecule has 0 fully saturated rings. The number of phenols is 1. The fourth-order valence-electron chi connectivity index (χ4n) is 5.08. The van der Waals surface area contributed by atoms with Gasteiger partial charge in [0.15, 0.2) is 17.3 Å². The van der Waals surface area contributed by atoms with Crippen LogP contribution in [0.2, 0.25) is 0 Å². The maximum Gasteiger partial charge on any atom is 0.193 e. The SMILES string of the molecule is O=C(/C=C/c1ccc(OCc2ccccc2)c(OCc2ccccc2)c1)c1c(O)cc(OCc2ccccc2)cc1OCc1ccccc1. The van der Waals surface area contributed by atoms with E-state index >= 15 is 0 Å². The lowest BCUT2D eigenvalue weighted by atomic mass is 10.1. The summed E-state index contributed by atoms with van der Waals surface area (Å²) in [5.41, 5.74) is 4.71. The standard InChI is InChI=1S/C43H36O6/c44-38(43-39(45)26-37(46-28-33-13-5-1-6-14-33)27-42(43)49-31-36-19-11-4-12-20-36)23-21-32-22-24-40(47-29-34-15-7-2-8-16-34)41(25-32)48-30-35-17-9-3-10-18-35/h1-27,45H,28-31H2/b23-21+. The molecule has 0 amide bonds. The van der Waals surface area contributed by atoms with Crippen molar-refractivity contribution in [3.05, 3.63) is 191 Å². The Labute approximate surface area is 286 Å². The van der Waals surface area contributed by atoms with Gasteiger partial charge in [-0.2, -0.15) is 0 Å². The number of hydrogen-bond donors (Lipinski definition) is 1. The lowest BCUT2D eigenvalue weighted by Gasteiger charge is -2.15. The maximum atomic E-state index is 13.7. The van der Waals surface area contributed by atoms with Gasteiger partial charge in [-0.3, -0.25) is 4.79 Å². The Morgan fingerprint density at radius 2 is 0.939 bits per heavy atom. The highest BCUT2D eigenvalue weighted by atomic mass is 16.5. The number of benzene rings is 6. The molecule has 49 heavy (non-hydrogen) atoms. The first-order valence-corrected chi connectivity index (χ1v) is 16.0. The van der Waals surface area contributed by atoms with Gasteiger partial charge in [-0.15, -0.1) is 0 Å². The van der Waals surface area contributed by atoms with E-state index in [4.69, 9.17) is 18.9 Å². The Kier molecular flexibility index (Phi) is 11.0. The Bertz CT molecular complexity index is 1970. The fraction of sp³-hybridized carbons (Fsp3) is 0.0930. The smallest absolute Gasteiger partial charge is 0.193 e. The zero-order valence-electron chi connectivity index (χ0n) is 26.9. The summed E-state index contributed by atoms with van der Waals surface area (Å²) >= 11 is 0. The van der Waals surface area contributed by atoms with Gasteiger partial charge in [0.05, 0.1) is 0 Å². The van der Waals surface area contributed by atoms with Crippen molar-refractivity contribution in [1.82, 2.24) is 0 Å². The van der Waals surface area contributed by atoms with Gasteiger partial charge in [-0.1, -0.05) is 133 Å². The van der Waals surface area contributed by atoms with E-state index in [9.17, 15) is 9.90 Å². The minimum atomic E-state index is -0.425. The summed E-state index contributed by atoms with van der Waals surface area (Å²) in [7, 11) is 0. The quantitative estimate of drug-likeness (QED) is 0.0883. The summed E-state index contributed by atoms with van der Waals surface area (Å²) in [6.45, 7) is 1.24. The van der Waals surface area contributed by atoms with Crippen molar-refractivity contribution in [3.63, 3.8) is 0 Å². The van der Waals surface area contributed by atoms with E-state index in [2.05, 4.69) is 0 Å².